The van der Waals surface area contributed by atoms with Crippen molar-refractivity contribution in [2.75, 3.05) is 13.1 Å². The summed E-state index contributed by atoms with van der Waals surface area (Å²) < 4.78 is 0. The largest absolute Gasteiger partial charge is 0.388 e. The summed E-state index contributed by atoms with van der Waals surface area (Å²) in [4.78, 5) is 13.4. The summed E-state index contributed by atoms with van der Waals surface area (Å²) in [5.41, 5.74) is 0.873. The lowest BCUT2D eigenvalue weighted by Crippen LogP contribution is -2.28. The number of nitrogens with zero attached hydrogens (tertiary/aromatic N) is 1. The van der Waals surface area contributed by atoms with Gasteiger partial charge in [-0.15, -0.1) is 0 Å². The van der Waals surface area contributed by atoms with Gasteiger partial charge in [0.25, 0.3) is 0 Å². The molecule has 0 aliphatic rings. The van der Waals surface area contributed by atoms with E-state index in [0.29, 0.717) is 19.5 Å². The Morgan fingerprint density at radius 1 is 1.28 bits per heavy atom. The third-order valence-electron chi connectivity index (χ3n) is 2.88. The zero-order chi connectivity index (χ0) is 13.4. The average Bonchev–Trinajstić information content (AvgIpc) is 2.41. The van der Waals surface area contributed by atoms with Crippen molar-refractivity contribution in [2.24, 2.45) is 0 Å². The summed E-state index contributed by atoms with van der Waals surface area (Å²) in [6, 6.07) is 9.46. The Morgan fingerprint density at radius 2 is 1.89 bits per heavy atom. The number of hydrogen-bond donors (Lipinski definition) is 1. The van der Waals surface area contributed by atoms with E-state index < -0.39 is 6.10 Å². The fourth-order valence-corrected chi connectivity index (χ4v) is 1.75. The number of carbonyl (C=O) groups is 1. The van der Waals surface area contributed by atoms with Crippen LogP contribution in [0.1, 0.15) is 31.9 Å². The molecule has 1 rings (SSSR count). The van der Waals surface area contributed by atoms with Gasteiger partial charge in [0.1, 0.15) is 0 Å². The van der Waals surface area contributed by atoms with Crippen LogP contribution >= 0.6 is 0 Å². The molecular formula is C15H21NO2. The second-order valence-electron chi connectivity index (χ2n) is 4.08. The molecule has 0 aromatic heterocycles. The van der Waals surface area contributed by atoms with E-state index >= 15 is 0 Å². The van der Waals surface area contributed by atoms with Crippen molar-refractivity contribution < 1.29 is 9.90 Å². The number of amides is 1. The smallest absolute Gasteiger partial charge is 0.246 e. The van der Waals surface area contributed by atoms with Gasteiger partial charge in [-0.05, 0) is 31.9 Å². The van der Waals surface area contributed by atoms with Crippen LogP contribution in [0, 0.1) is 0 Å². The maximum Gasteiger partial charge on any atom is 0.246 e. The first-order chi connectivity index (χ1) is 8.69. The van der Waals surface area contributed by atoms with E-state index in [1.165, 1.54) is 0 Å². The molecule has 0 aliphatic carbocycles. The van der Waals surface area contributed by atoms with Gasteiger partial charge in [0.2, 0.25) is 5.91 Å². The molecule has 0 bridgehead atoms. The highest BCUT2D eigenvalue weighted by molar-refractivity contribution is 5.87. The number of aliphatic hydroxyl groups excluding tert-OH is 1. The van der Waals surface area contributed by atoms with Crippen LogP contribution in [0.2, 0.25) is 0 Å². The highest BCUT2D eigenvalue weighted by atomic mass is 16.3. The van der Waals surface area contributed by atoms with Gasteiger partial charge in [0.15, 0.2) is 0 Å². The minimum absolute atomic E-state index is 0.000242. The lowest BCUT2D eigenvalue weighted by atomic mass is 10.1. The Kier molecular flexibility index (Phi) is 6.15. The first kappa shape index (κ1) is 14.5. The van der Waals surface area contributed by atoms with Crippen molar-refractivity contribution >= 4 is 5.91 Å². The summed E-state index contributed by atoms with van der Waals surface area (Å²) in [6.45, 7) is 5.32. The topological polar surface area (TPSA) is 40.5 Å². The van der Waals surface area contributed by atoms with Crippen LogP contribution in [-0.4, -0.2) is 29.0 Å². The van der Waals surface area contributed by atoms with E-state index in [1.54, 1.807) is 17.1 Å². The van der Waals surface area contributed by atoms with Crippen molar-refractivity contribution in [3.8, 4) is 0 Å². The average molecular weight is 247 g/mol. The van der Waals surface area contributed by atoms with Crippen LogP contribution in [0.5, 0.6) is 0 Å². The zero-order valence-corrected chi connectivity index (χ0v) is 11.0. The molecule has 18 heavy (non-hydrogen) atoms. The van der Waals surface area contributed by atoms with Crippen molar-refractivity contribution in [2.45, 2.75) is 26.4 Å². The standard InChI is InChI=1S/C15H21NO2/c1-3-16(4-2)15(18)12-8-11-14(17)13-9-6-5-7-10-13/h5-10,12,14,17H,3-4,11H2,1-2H3/b12-8+/t14-/m1/s1. The van der Waals surface area contributed by atoms with Gasteiger partial charge in [0.05, 0.1) is 6.10 Å². The van der Waals surface area contributed by atoms with Crippen LogP contribution in [0.4, 0.5) is 0 Å². The molecular weight excluding hydrogens is 226 g/mol. The van der Waals surface area contributed by atoms with Crippen LogP contribution in [-0.2, 0) is 4.79 Å². The van der Waals surface area contributed by atoms with Crippen molar-refractivity contribution in [1.29, 1.82) is 0 Å². The van der Waals surface area contributed by atoms with Gasteiger partial charge in [-0.3, -0.25) is 4.79 Å². The highest BCUT2D eigenvalue weighted by Crippen LogP contribution is 2.16. The predicted molar refractivity (Wildman–Crippen MR) is 73.1 cm³/mol. The number of carbonyl (C=O) groups excluding carboxylic acids is 1. The molecule has 0 aliphatic heterocycles. The van der Waals surface area contributed by atoms with E-state index in [2.05, 4.69) is 0 Å². The van der Waals surface area contributed by atoms with E-state index in [1.807, 2.05) is 44.2 Å². The van der Waals surface area contributed by atoms with E-state index in [0.717, 1.165) is 5.56 Å². The van der Waals surface area contributed by atoms with Crippen LogP contribution in [0.15, 0.2) is 42.5 Å². The minimum atomic E-state index is -0.549. The predicted octanol–water partition coefficient (Wildman–Crippen LogP) is 2.53. The van der Waals surface area contributed by atoms with Crippen LogP contribution in [0.3, 0.4) is 0 Å². The number of benzene rings is 1. The van der Waals surface area contributed by atoms with E-state index in [9.17, 15) is 9.90 Å². The molecule has 0 saturated heterocycles. The number of likely N-dealkylation sites (N-methyl/N-ethyl adjacent to an activating group) is 1. The van der Waals surface area contributed by atoms with Crippen LogP contribution < -0.4 is 0 Å². The van der Waals surface area contributed by atoms with Crippen molar-refractivity contribution in [3.63, 3.8) is 0 Å². The fourth-order valence-electron chi connectivity index (χ4n) is 1.75. The van der Waals surface area contributed by atoms with Gasteiger partial charge >= 0.3 is 0 Å². The molecule has 0 saturated carbocycles. The first-order valence-electron chi connectivity index (χ1n) is 6.37. The Labute approximate surface area is 109 Å². The molecule has 1 atom stereocenters. The minimum Gasteiger partial charge on any atom is -0.388 e. The molecule has 3 nitrogen and oxygen atoms in total. The Morgan fingerprint density at radius 3 is 2.44 bits per heavy atom. The molecule has 0 fully saturated rings. The highest BCUT2D eigenvalue weighted by Gasteiger charge is 2.06. The molecule has 3 heteroatoms. The number of hydrogen-bond acceptors (Lipinski definition) is 2. The maximum absolute atomic E-state index is 11.7. The third-order valence-corrected chi connectivity index (χ3v) is 2.88. The summed E-state index contributed by atoms with van der Waals surface area (Å²) in [5, 5.41) is 9.91. The molecule has 0 heterocycles. The fraction of sp³-hybridized carbons (Fsp3) is 0.400. The molecule has 0 unspecified atom stereocenters. The van der Waals surface area contributed by atoms with Gasteiger partial charge in [-0.1, -0.05) is 36.4 Å². The summed E-state index contributed by atoms with van der Waals surface area (Å²) in [7, 11) is 0. The molecule has 1 amide bonds. The van der Waals surface area contributed by atoms with Crippen molar-refractivity contribution in [3.05, 3.63) is 48.0 Å². The number of rotatable bonds is 6. The zero-order valence-electron chi connectivity index (χ0n) is 11.0. The van der Waals surface area contributed by atoms with Gasteiger partial charge in [-0.2, -0.15) is 0 Å². The van der Waals surface area contributed by atoms with E-state index in [4.69, 9.17) is 0 Å². The summed E-state index contributed by atoms with van der Waals surface area (Å²) in [5.74, 6) is 0.000242. The first-order valence-corrected chi connectivity index (χ1v) is 6.37. The Hall–Kier alpha value is -1.61. The molecule has 0 spiro atoms. The second kappa shape index (κ2) is 7.67. The Bertz CT molecular complexity index is 383. The molecule has 1 N–H and O–H groups in total. The molecule has 1 aromatic rings. The van der Waals surface area contributed by atoms with Gasteiger partial charge in [0, 0.05) is 13.1 Å². The SMILES string of the molecule is CCN(CC)C(=O)/C=C/C[C@@H](O)c1ccccc1. The number of aliphatic hydroxyl groups is 1. The molecule has 98 valence electrons. The molecule has 0 radical (unpaired) electrons. The Balaban J connectivity index is 2.48. The van der Waals surface area contributed by atoms with Gasteiger partial charge < -0.3 is 10.0 Å². The maximum atomic E-state index is 11.7. The normalized spacial score (nSPS) is 12.6. The monoisotopic (exact) mass is 247 g/mol. The van der Waals surface area contributed by atoms with Crippen molar-refractivity contribution in [1.82, 2.24) is 4.90 Å². The van der Waals surface area contributed by atoms with E-state index in [-0.39, 0.29) is 5.91 Å². The van der Waals surface area contributed by atoms with Crippen LogP contribution in [0.25, 0.3) is 0 Å². The lowest BCUT2D eigenvalue weighted by molar-refractivity contribution is -0.125. The van der Waals surface area contributed by atoms with Gasteiger partial charge in [-0.25, -0.2) is 0 Å². The molecule has 1 aromatic carbocycles. The summed E-state index contributed by atoms with van der Waals surface area (Å²) >= 11 is 0. The second-order valence-corrected chi connectivity index (χ2v) is 4.08. The summed E-state index contributed by atoms with van der Waals surface area (Å²) in [6.07, 6.45) is 3.18. The quantitative estimate of drug-likeness (QED) is 0.785. The third kappa shape index (κ3) is 4.34. The lowest BCUT2D eigenvalue weighted by Gasteiger charge is -2.16.